The molecule has 0 radical (unpaired) electrons. The van der Waals surface area contributed by atoms with E-state index in [2.05, 4.69) is 44.8 Å². The molecule has 0 aliphatic carbocycles. The van der Waals surface area contributed by atoms with Crippen molar-refractivity contribution in [2.75, 3.05) is 39.4 Å². The molecule has 2 rings (SSSR count). The molecule has 23 heavy (non-hydrogen) atoms. The molecule has 2 aliphatic heterocycles. The molecule has 2 heterocycles. The summed E-state index contributed by atoms with van der Waals surface area (Å²) in [4.78, 5) is 7.28. The molecule has 2 fully saturated rings. The van der Waals surface area contributed by atoms with Crippen LogP contribution in [0.5, 0.6) is 0 Å². The normalized spacial score (nSPS) is 27.5. The summed E-state index contributed by atoms with van der Waals surface area (Å²) >= 11 is 0. The minimum atomic E-state index is -0.0531. The molecule has 1 N–H and O–H groups in total. The third kappa shape index (κ3) is 5.96. The van der Waals surface area contributed by atoms with Gasteiger partial charge in [-0.3, -0.25) is 4.99 Å². The zero-order valence-corrected chi connectivity index (χ0v) is 15.7. The zero-order chi connectivity index (χ0) is 16.9. The Labute approximate surface area is 141 Å². The maximum atomic E-state index is 6.12. The summed E-state index contributed by atoms with van der Waals surface area (Å²) in [6.07, 6.45) is 3.62. The molecule has 1 atom stereocenters. The van der Waals surface area contributed by atoms with Gasteiger partial charge in [0.15, 0.2) is 5.96 Å². The van der Waals surface area contributed by atoms with Crippen molar-refractivity contribution in [1.82, 2.24) is 10.2 Å². The summed E-state index contributed by atoms with van der Waals surface area (Å²) in [5, 5.41) is 3.45. The lowest BCUT2D eigenvalue weighted by Gasteiger charge is -2.37. The molecule has 1 unspecified atom stereocenters. The molecule has 0 amide bonds. The maximum Gasteiger partial charge on any atom is 0.193 e. The van der Waals surface area contributed by atoms with E-state index in [0.29, 0.717) is 6.10 Å². The lowest BCUT2D eigenvalue weighted by Crippen LogP contribution is -2.48. The SMILES string of the molecule is CCNC(=NCC1(C)CCOC1)N1CCC(OC(C)(C)C)CC1. The first-order valence-electron chi connectivity index (χ1n) is 9.10. The van der Waals surface area contributed by atoms with Crippen molar-refractivity contribution < 1.29 is 9.47 Å². The molecule has 5 nitrogen and oxygen atoms in total. The zero-order valence-electron chi connectivity index (χ0n) is 15.7. The highest BCUT2D eigenvalue weighted by atomic mass is 16.5. The van der Waals surface area contributed by atoms with E-state index in [9.17, 15) is 0 Å². The van der Waals surface area contributed by atoms with E-state index in [4.69, 9.17) is 14.5 Å². The largest absolute Gasteiger partial charge is 0.381 e. The van der Waals surface area contributed by atoms with Crippen LogP contribution >= 0.6 is 0 Å². The van der Waals surface area contributed by atoms with E-state index in [0.717, 1.165) is 64.6 Å². The Kier molecular flexibility index (Phi) is 6.32. The van der Waals surface area contributed by atoms with E-state index in [1.54, 1.807) is 0 Å². The average Bonchev–Trinajstić information content (AvgIpc) is 2.90. The van der Waals surface area contributed by atoms with Crippen LogP contribution in [0.15, 0.2) is 4.99 Å². The van der Waals surface area contributed by atoms with E-state index in [-0.39, 0.29) is 11.0 Å². The summed E-state index contributed by atoms with van der Waals surface area (Å²) in [6.45, 7) is 16.3. The van der Waals surface area contributed by atoms with Crippen molar-refractivity contribution in [2.24, 2.45) is 10.4 Å². The second-order valence-corrected chi connectivity index (χ2v) is 8.20. The van der Waals surface area contributed by atoms with Crippen LogP contribution in [-0.4, -0.2) is 62.0 Å². The molecule has 134 valence electrons. The van der Waals surface area contributed by atoms with Gasteiger partial charge in [0.2, 0.25) is 0 Å². The van der Waals surface area contributed by atoms with E-state index >= 15 is 0 Å². The van der Waals surface area contributed by atoms with Gasteiger partial charge in [-0.05, 0) is 47.0 Å². The second-order valence-electron chi connectivity index (χ2n) is 8.20. The number of hydrogen-bond donors (Lipinski definition) is 1. The Morgan fingerprint density at radius 3 is 2.57 bits per heavy atom. The predicted octanol–water partition coefficient (Wildman–Crippen LogP) is 2.66. The molecule has 5 heteroatoms. The fourth-order valence-electron chi connectivity index (χ4n) is 3.21. The predicted molar refractivity (Wildman–Crippen MR) is 95.0 cm³/mol. The van der Waals surface area contributed by atoms with Crippen LogP contribution < -0.4 is 5.32 Å². The van der Waals surface area contributed by atoms with Gasteiger partial charge in [-0.1, -0.05) is 6.92 Å². The number of aliphatic imine (C=N–C) groups is 1. The number of piperidine rings is 1. The number of rotatable bonds is 4. The number of likely N-dealkylation sites (tertiary alicyclic amines) is 1. The van der Waals surface area contributed by atoms with Crippen molar-refractivity contribution in [3.63, 3.8) is 0 Å². The first-order chi connectivity index (χ1) is 10.8. The number of nitrogens with one attached hydrogen (secondary N) is 1. The Morgan fingerprint density at radius 2 is 2.04 bits per heavy atom. The van der Waals surface area contributed by atoms with E-state index < -0.39 is 0 Å². The van der Waals surface area contributed by atoms with Crippen molar-refractivity contribution in [2.45, 2.75) is 65.6 Å². The summed E-state index contributed by atoms with van der Waals surface area (Å²) in [5.41, 5.74) is 0.150. The highest BCUT2D eigenvalue weighted by Gasteiger charge is 2.30. The fraction of sp³-hybridized carbons (Fsp3) is 0.944. The van der Waals surface area contributed by atoms with Crippen LogP contribution in [0.1, 0.15) is 53.9 Å². The molecule has 0 bridgehead atoms. The van der Waals surface area contributed by atoms with Gasteiger partial charge < -0.3 is 19.7 Å². The smallest absolute Gasteiger partial charge is 0.193 e. The highest BCUT2D eigenvalue weighted by molar-refractivity contribution is 5.80. The van der Waals surface area contributed by atoms with Crippen molar-refractivity contribution in [3.8, 4) is 0 Å². The lowest BCUT2D eigenvalue weighted by molar-refractivity contribution is -0.0772. The van der Waals surface area contributed by atoms with Crippen LogP contribution in [0, 0.1) is 5.41 Å². The summed E-state index contributed by atoms with van der Waals surface area (Å²) in [5.74, 6) is 1.05. The Hall–Kier alpha value is -0.810. The fourth-order valence-corrected chi connectivity index (χ4v) is 3.21. The molecule has 0 spiro atoms. The van der Waals surface area contributed by atoms with Crippen LogP contribution in [-0.2, 0) is 9.47 Å². The minimum absolute atomic E-state index is 0.0531. The van der Waals surface area contributed by atoms with Gasteiger partial charge in [0.25, 0.3) is 0 Å². The van der Waals surface area contributed by atoms with Gasteiger partial charge in [0.1, 0.15) is 0 Å². The number of nitrogens with zero attached hydrogens (tertiary/aromatic N) is 2. The van der Waals surface area contributed by atoms with Gasteiger partial charge in [0, 0.05) is 31.7 Å². The molecule has 0 aromatic heterocycles. The first kappa shape index (κ1) is 18.5. The Morgan fingerprint density at radius 1 is 1.35 bits per heavy atom. The molecule has 2 saturated heterocycles. The second kappa shape index (κ2) is 7.84. The maximum absolute atomic E-state index is 6.12. The quantitative estimate of drug-likeness (QED) is 0.638. The standard InChI is InChI=1S/C18H35N3O2/c1-6-19-16(20-13-18(5)9-12-22-14-18)21-10-7-15(8-11-21)23-17(2,3)4/h15H,6-14H2,1-5H3,(H,19,20). The monoisotopic (exact) mass is 325 g/mol. The van der Waals surface area contributed by atoms with Crippen LogP contribution in [0.2, 0.25) is 0 Å². The highest BCUT2D eigenvalue weighted by Crippen LogP contribution is 2.28. The molecule has 0 saturated carbocycles. The number of ether oxygens (including phenoxy) is 2. The molecule has 0 aromatic carbocycles. The van der Waals surface area contributed by atoms with Crippen LogP contribution in [0.4, 0.5) is 0 Å². The van der Waals surface area contributed by atoms with E-state index in [1.807, 2.05) is 0 Å². The number of guanidine groups is 1. The van der Waals surface area contributed by atoms with Crippen molar-refractivity contribution in [1.29, 1.82) is 0 Å². The topological polar surface area (TPSA) is 46.1 Å². The molecular formula is C18H35N3O2. The minimum Gasteiger partial charge on any atom is -0.381 e. The molecule has 2 aliphatic rings. The third-order valence-corrected chi connectivity index (χ3v) is 4.51. The van der Waals surface area contributed by atoms with Crippen LogP contribution in [0.25, 0.3) is 0 Å². The van der Waals surface area contributed by atoms with Gasteiger partial charge >= 0.3 is 0 Å². The Balaban J connectivity index is 1.89. The lowest BCUT2D eigenvalue weighted by atomic mass is 9.90. The van der Waals surface area contributed by atoms with Gasteiger partial charge in [-0.25, -0.2) is 0 Å². The van der Waals surface area contributed by atoms with Gasteiger partial charge in [-0.15, -0.1) is 0 Å². The molecule has 0 aromatic rings. The van der Waals surface area contributed by atoms with Crippen LogP contribution in [0.3, 0.4) is 0 Å². The van der Waals surface area contributed by atoms with Gasteiger partial charge in [-0.2, -0.15) is 0 Å². The van der Waals surface area contributed by atoms with Gasteiger partial charge in [0.05, 0.1) is 24.9 Å². The number of hydrogen-bond acceptors (Lipinski definition) is 3. The van der Waals surface area contributed by atoms with Crippen molar-refractivity contribution >= 4 is 5.96 Å². The van der Waals surface area contributed by atoms with E-state index in [1.165, 1.54) is 0 Å². The summed E-state index contributed by atoms with van der Waals surface area (Å²) < 4.78 is 11.7. The summed E-state index contributed by atoms with van der Waals surface area (Å²) in [6, 6.07) is 0. The average molecular weight is 325 g/mol. The first-order valence-corrected chi connectivity index (χ1v) is 9.10. The molecular weight excluding hydrogens is 290 g/mol. The third-order valence-electron chi connectivity index (χ3n) is 4.51. The Bertz CT molecular complexity index is 390. The van der Waals surface area contributed by atoms with Crippen molar-refractivity contribution in [3.05, 3.63) is 0 Å². The summed E-state index contributed by atoms with van der Waals surface area (Å²) in [7, 11) is 0.